The van der Waals surface area contributed by atoms with Gasteiger partial charge in [-0.05, 0) is 18.2 Å². The molecule has 0 aliphatic heterocycles. The number of aromatic carboxylic acids is 1. The highest BCUT2D eigenvalue weighted by Crippen LogP contribution is 2.34. The first kappa shape index (κ1) is 22.3. The molecule has 32 heavy (non-hydrogen) atoms. The highest BCUT2D eigenvalue weighted by molar-refractivity contribution is 6.09. The number of nitrogens with zero attached hydrogens (tertiary/aromatic N) is 3. The van der Waals surface area contributed by atoms with Gasteiger partial charge < -0.3 is 15.2 Å². The van der Waals surface area contributed by atoms with Crippen molar-refractivity contribution in [3.8, 4) is 11.5 Å². The number of hydrogen-bond acceptors (Lipinski definition) is 6. The van der Waals surface area contributed by atoms with E-state index in [9.17, 15) is 38.0 Å². The van der Waals surface area contributed by atoms with Gasteiger partial charge in [0, 0.05) is 25.4 Å². The molecule has 166 valence electrons. The number of amides is 1. The molecule has 13 heteroatoms. The van der Waals surface area contributed by atoms with Gasteiger partial charge in [-0.2, -0.15) is 18.3 Å². The largest absolute Gasteiger partial charge is 0.478 e. The molecule has 0 aliphatic rings. The Morgan fingerprint density at radius 3 is 2.53 bits per heavy atom. The molecule has 2 N–H and O–H groups in total. The number of non-ortho nitro benzene ring substituents is 1. The number of nitro groups is 1. The van der Waals surface area contributed by atoms with Gasteiger partial charge >= 0.3 is 12.1 Å². The standard InChI is InChI=1S/C19H13F3N4O6/c1-25-9-15(18(28)29)16(24-25)17(27)23-11-6-12(26(30)31)8-14(7-11)32-13-4-2-3-10(5-13)19(20,21)22/h2-9H,1H3,(H,23,27)(H,28,29). The summed E-state index contributed by atoms with van der Waals surface area (Å²) in [5.74, 6) is -2.84. The fourth-order valence-electron chi connectivity index (χ4n) is 2.69. The summed E-state index contributed by atoms with van der Waals surface area (Å²) >= 11 is 0. The number of aryl methyl sites for hydroxylation is 1. The number of carbonyl (C=O) groups is 2. The number of carboxylic acids is 1. The number of alkyl halides is 3. The second-order valence-electron chi connectivity index (χ2n) is 6.42. The third kappa shape index (κ3) is 5.00. The number of aromatic nitrogens is 2. The SMILES string of the molecule is Cn1cc(C(=O)O)c(C(=O)Nc2cc(Oc3cccc(C(F)(F)F)c3)cc([N+](=O)[O-])c2)n1. The quantitative estimate of drug-likeness (QED) is 0.426. The predicted octanol–water partition coefficient (Wildman–Crippen LogP) is 4.09. The van der Waals surface area contributed by atoms with Crippen LogP contribution in [0.15, 0.2) is 48.7 Å². The Morgan fingerprint density at radius 2 is 1.91 bits per heavy atom. The number of benzene rings is 2. The average molecular weight is 450 g/mol. The number of nitro benzene ring substituents is 1. The predicted molar refractivity (Wildman–Crippen MR) is 103 cm³/mol. The second kappa shape index (κ2) is 8.37. The first-order chi connectivity index (χ1) is 14.9. The molecule has 0 unspecified atom stereocenters. The van der Waals surface area contributed by atoms with Gasteiger partial charge in [0.05, 0.1) is 22.2 Å². The topological polar surface area (TPSA) is 137 Å². The maximum absolute atomic E-state index is 12.9. The van der Waals surface area contributed by atoms with E-state index in [0.29, 0.717) is 6.07 Å². The fourth-order valence-corrected chi connectivity index (χ4v) is 2.69. The Hall–Kier alpha value is -4.42. The van der Waals surface area contributed by atoms with Crippen molar-refractivity contribution in [2.24, 2.45) is 7.05 Å². The number of rotatable bonds is 6. The van der Waals surface area contributed by atoms with Crippen molar-refractivity contribution in [2.75, 3.05) is 5.32 Å². The minimum absolute atomic E-state index is 0.159. The van der Waals surface area contributed by atoms with E-state index in [2.05, 4.69) is 10.4 Å². The third-order valence-electron chi connectivity index (χ3n) is 4.03. The van der Waals surface area contributed by atoms with Crippen LogP contribution in [0.25, 0.3) is 0 Å². The van der Waals surface area contributed by atoms with Crippen molar-refractivity contribution in [1.29, 1.82) is 0 Å². The summed E-state index contributed by atoms with van der Waals surface area (Å²) in [6.07, 6.45) is -3.52. The zero-order chi connectivity index (χ0) is 23.6. The minimum atomic E-state index is -4.62. The Bertz CT molecular complexity index is 1220. The second-order valence-corrected chi connectivity index (χ2v) is 6.42. The molecule has 0 bridgehead atoms. The fraction of sp³-hybridized carbons (Fsp3) is 0.105. The van der Waals surface area contributed by atoms with Gasteiger partial charge in [0.25, 0.3) is 11.6 Å². The monoisotopic (exact) mass is 450 g/mol. The first-order valence-corrected chi connectivity index (χ1v) is 8.67. The van der Waals surface area contributed by atoms with Crippen molar-refractivity contribution in [3.63, 3.8) is 0 Å². The summed E-state index contributed by atoms with van der Waals surface area (Å²) in [6.45, 7) is 0. The van der Waals surface area contributed by atoms with Crippen molar-refractivity contribution < 1.29 is 37.5 Å². The number of hydrogen-bond donors (Lipinski definition) is 2. The summed E-state index contributed by atoms with van der Waals surface area (Å²) in [6, 6.07) is 6.93. The lowest BCUT2D eigenvalue weighted by atomic mass is 10.2. The lowest BCUT2D eigenvalue weighted by Crippen LogP contribution is -2.16. The van der Waals surface area contributed by atoms with E-state index < -0.39 is 45.5 Å². The van der Waals surface area contributed by atoms with Gasteiger partial charge in [0.15, 0.2) is 5.69 Å². The molecule has 2 aromatic carbocycles. The van der Waals surface area contributed by atoms with Gasteiger partial charge in [-0.25, -0.2) is 4.79 Å². The summed E-state index contributed by atoms with van der Waals surface area (Å²) in [7, 11) is 1.40. The lowest BCUT2D eigenvalue weighted by Gasteiger charge is -2.11. The Balaban J connectivity index is 1.93. The van der Waals surface area contributed by atoms with Crippen molar-refractivity contribution in [2.45, 2.75) is 6.18 Å². The number of anilines is 1. The molecule has 10 nitrogen and oxygen atoms in total. The van der Waals surface area contributed by atoms with Crippen LogP contribution >= 0.6 is 0 Å². The van der Waals surface area contributed by atoms with E-state index in [-0.39, 0.29) is 17.2 Å². The van der Waals surface area contributed by atoms with Crippen LogP contribution in [0, 0.1) is 10.1 Å². The van der Waals surface area contributed by atoms with Crippen LogP contribution in [-0.2, 0) is 13.2 Å². The van der Waals surface area contributed by atoms with Crippen LogP contribution < -0.4 is 10.1 Å². The van der Waals surface area contributed by atoms with Crippen LogP contribution in [0.1, 0.15) is 26.4 Å². The van der Waals surface area contributed by atoms with E-state index >= 15 is 0 Å². The molecule has 1 heterocycles. The molecule has 0 spiro atoms. The molecule has 0 saturated carbocycles. The van der Waals surface area contributed by atoms with E-state index in [0.717, 1.165) is 41.2 Å². The van der Waals surface area contributed by atoms with E-state index in [1.807, 2.05) is 0 Å². The molecule has 0 saturated heterocycles. The van der Waals surface area contributed by atoms with Crippen molar-refractivity contribution in [3.05, 3.63) is 75.6 Å². The molecular weight excluding hydrogens is 437 g/mol. The van der Waals surface area contributed by atoms with Crippen LogP contribution in [0.2, 0.25) is 0 Å². The van der Waals surface area contributed by atoms with Crippen molar-refractivity contribution in [1.82, 2.24) is 9.78 Å². The highest BCUT2D eigenvalue weighted by Gasteiger charge is 2.30. The number of halogens is 3. The Kier molecular flexibility index (Phi) is 5.83. The zero-order valence-electron chi connectivity index (χ0n) is 16.1. The summed E-state index contributed by atoms with van der Waals surface area (Å²) in [4.78, 5) is 34.2. The first-order valence-electron chi connectivity index (χ1n) is 8.67. The molecule has 0 radical (unpaired) electrons. The summed E-state index contributed by atoms with van der Waals surface area (Å²) < 4.78 is 45.1. The van der Waals surface area contributed by atoms with Gasteiger partial charge in [-0.1, -0.05) is 6.07 Å². The zero-order valence-corrected chi connectivity index (χ0v) is 16.1. The summed E-state index contributed by atoms with van der Waals surface area (Å²) in [5, 5.41) is 26.5. The van der Waals surface area contributed by atoms with Crippen LogP contribution in [0.4, 0.5) is 24.5 Å². The molecule has 1 aromatic heterocycles. The van der Waals surface area contributed by atoms with Crippen LogP contribution in [0.3, 0.4) is 0 Å². The molecule has 0 aliphatic carbocycles. The van der Waals surface area contributed by atoms with Crippen molar-refractivity contribution >= 4 is 23.3 Å². The van der Waals surface area contributed by atoms with E-state index in [4.69, 9.17) is 4.74 Å². The van der Waals surface area contributed by atoms with E-state index in [1.54, 1.807) is 0 Å². The van der Waals surface area contributed by atoms with Crippen LogP contribution in [0.5, 0.6) is 11.5 Å². The molecule has 1 amide bonds. The highest BCUT2D eigenvalue weighted by atomic mass is 19.4. The average Bonchev–Trinajstić information content (AvgIpc) is 3.09. The third-order valence-corrected chi connectivity index (χ3v) is 4.03. The summed E-state index contributed by atoms with van der Waals surface area (Å²) in [5.41, 5.74) is -2.49. The van der Waals surface area contributed by atoms with Gasteiger partial charge in [-0.15, -0.1) is 0 Å². The molecular formula is C19H13F3N4O6. The maximum Gasteiger partial charge on any atom is 0.416 e. The Labute approximate surface area is 177 Å². The maximum atomic E-state index is 12.9. The smallest absolute Gasteiger partial charge is 0.416 e. The molecule has 3 rings (SSSR count). The number of carbonyl (C=O) groups excluding carboxylic acids is 1. The number of carboxylic acid groups (broad SMARTS) is 1. The minimum Gasteiger partial charge on any atom is -0.478 e. The van der Waals surface area contributed by atoms with Crippen LogP contribution in [-0.4, -0.2) is 31.7 Å². The number of ether oxygens (including phenoxy) is 1. The van der Waals surface area contributed by atoms with Gasteiger partial charge in [0.2, 0.25) is 0 Å². The molecule has 0 fully saturated rings. The lowest BCUT2D eigenvalue weighted by molar-refractivity contribution is -0.384. The Morgan fingerprint density at radius 1 is 1.19 bits per heavy atom. The normalized spacial score (nSPS) is 11.1. The molecule has 3 aromatic rings. The molecule has 0 atom stereocenters. The van der Waals surface area contributed by atoms with Gasteiger partial charge in [0.1, 0.15) is 17.1 Å². The number of nitrogens with one attached hydrogen (secondary N) is 1. The van der Waals surface area contributed by atoms with Gasteiger partial charge in [-0.3, -0.25) is 19.6 Å². The van der Waals surface area contributed by atoms with E-state index in [1.165, 1.54) is 13.1 Å².